The zero-order valence-electron chi connectivity index (χ0n) is 10.7. The van der Waals surface area contributed by atoms with Gasteiger partial charge in [0.2, 0.25) is 5.89 Å². The Hall–Kier alpha value is -1.48. The van der Waals surface area contributed by atoms with E-state index in [0.29, 0.717) is 11.7 Å². The van der Waals surface area contributed by atoms with E-state index in [1.807, 2.05) is 45.0 Å². The summed E-state index contributed by atoms with van der Waals surface area (Å²) >= 11 is 5.91. The standard InChI is InChI=1S/C14H16ClNO2/c1-9(2)17-12-6-4-11(5-7-12)13-8-16-14(18-13)10(3)15/h4-10H,1-3H3. The van der Waals surface area contributed by atoms with Crippen molar-refractivity contribution >= 4 is 11.6 Å². The van der Waals surface area contributed by atoms with Gasteiger partial charge in [0.05, 0.1) is 12.3 Å². The van der Waals surface area contributed by atoms with Crippen molar-refractivity contribution in [2.24, 2.45) is 0 Å². The highest BCUT2D eigenvalue weighted by Crippen LogP contribution is 2.27. The summed E-state index contributed by atoms with van der Waals surface area (Å²) in [5, 5.41) is -0.220. The van der Waals surface area contributed by atoms with E-state index >= 15 is 0 Å². The van der Waals surface area contributed by atoms with Crippen molar-refractivity contribution in [2.45, 2.75) is 32.3 Å². The topological polar surface area (TPSA) is 35.3 Å². The van der Waals surface area contributed by atoms with Gasteiger partial charge >= 0.3 is 0 Å². The molecule has 0 bridgehead atoms. The summed E-state index contributed by atoms with van der Waals surface area (Å²) in [7, 11) is 0. The molecule has 96 valence electrons. The second-order valence-corrected chi connectivity index (χ2v) is 5.02. The van der Waals surface area contributed by atoms with Crippen LogP contribution < -0.4 is 4.74 Å². The third kappa shape index (κ3) is 3.05. The summed E-state index contributed by atoms with van der Waals surface area (Å²) < 4.78 is 11.1. The zero-order chi connectivity index (χ0) is 13.1. The molecule has 0 fully saturated rings. The molecule has 1 aromatic heterocycles. The van der Waals surface area contributed by atoms with E-state index in [-0.39, 0.29) is 11.5 Å². The Morgan fingerprint density at radius 2 is 1.83 bits per heavy atom. The number of rotatable bonds is 4. The summed E-state index contributed by atoms with van der Waals surface area (Å²) in [4.78, 5) is 4.13. The Morgan fingerprint density at radius 3 is 2.33 bits per heavy atom. The Morgan fingerprint density at radius 1 is 1.17 bits per heavy atom. The lowest BCUT2D eigenvalue weighted by Gasteiger charge is -2.09. The molecule has 18 heavy (non-hydrogen) atoms. The second kappa shape index (κ2) is 5.44. The minimum atomic E-state index is -0.220. The number of aromatic nitrogens is 1. The van der Waals surface area contributed by atoms with Crippen molar-refractivity contribution < 1.29 is 9.15 Å². The van der Waals surface area contributed by atoms with Crippen molar-refractivity contribution in [1.29, 1.82) is 0 Å². The number of ether oxygens (including phenoxy) is 1. The van der Waals surface area contributed by atoms with Gasteiger partial charge in [-0.2, -0.15) is 0 Å². The predicted molar refractivity (Wildman–Crippen MR) is 72.0 cm³/mol. The molecule has 0 N–H and O–H groups in total. The first-order chi connectivity index (χ1) is 8.56. The number of benzene rings is 1. The van der Waals surface area contributed by atoms with Crippen LogP contribution in [0, 0.1) is 0 Å². The van der Waals surface area contributed by atoms with E-state index in [4.69, 9.17) is 20.8 Å². The fourth-order valence-electron chi connectivity index (χ4n) is 1.57. The van der Waals surface area contributed by atoms with Crippen molar-refractivity contribution in [3.8, 4) is 17.1 Å². The van der Waals surface area contributed by atoms with E-state index in [2.05, 4.69) is 4.98 Å². The minimum absolute atomic E-state index is 0.171. The van der Waals surface area contributed by atoms with Gasteiger partial charge in [-0.25, -0.2) is 4.98 Å². The molecule has 3 nitrogen and oxygen atoms in total. The van der Waals surface area contributed by atoms with Gasteiger partial charge in [-0.05, 0) is 45.0 Å². The molecule has 1 heterocycles. The van der Waals surface area contributed by atoms with Gasteiger partial charge < -0.3 is 9.15 Å². The average Bonchev–Trinajstić information content (AvgIpc) is 2.78. The van der Waals surface area contributed by atoms with Crippen molar-refractivity contribution in [3.63, 3.8) is 0 Å². The maximum Gasteiger partial charge on any atom is 0.212 e. The van der Waals surface area contributed by atoms with Gasteiger partial charge in [-0.3, -0.25) is 0 Å². The third-order valence-electron chi connectivity index (χ3n) is 2.37. The first-order valence-corrected chi connectivity index (χ1v) is 6.37. The van der Waals surface area contributed by atoms with Crippen LogP contribution in [0.5, 0.6) is 5.75 Å². The molecule has 0 aliphatic rings. The normalized spacial score (nSPS) is 12.7. The van der Waals surface area contributed by atoms with E-state index in [0.717, 1.165) is 11.3 Å². The van der Waals surface area contributed by atoms with Crippen LogP contribution in [0.1, 0.15) is 32.0 Å². The molecule has 2 aromatic rings. The third-order valence-corrected chi connectivity index (χ3v) is 2.56. The number of nitrogens with zero attached hydrogens (tertiary/aromatic N) is 1. The SMILES string of the molecule is CC(C)Oc1ccc(-c2cnc(C(C)Cl)o2)cc1. The number of hydrogen-bond acceptors (Lipinski definition) is 3. The van der Waals surface area contributed by atoms with Crippen molar-refractivity contribution in [1.82, 2.24) is 4.98 Å². The summed E-state index contributed by atoms with van der Waals surface area (Å²) in [5.74, 6) is 2.10. The Balaban J connectivity index is 2.17. The molecule has 0 aliphatic carbocycles. The smallest absolute Gasteiger partial charge is 0.212 e. The van der Waals surface area contributed by atoms with Crippen LogP contribution in [0.3, 0.4) is 0 Å². The van der Waals surface area contributed by atoms with E-state index in [1.54, 1.807) is 6.20 Å². The van der Waals surface area contributed by atoms with Crippen LogP contribution >= 0.6 is 11.6 Å². The minimum Gasteiger partial charge on any atom is -0.491 e. The van der Waals surface area contributed by atoms with Crippen LogP contribution in [-0.2, 0) is 0 Å². The molecule has 0 aliphatic heterocycles. The molecule has 0 radical (unpaired) electrons. The maximum absolute atomic E-state index is 5.91. The van der Waals surface area contributed by atoms with Gasteiger partial charge in [0, 0.05) is 5.56 Å². The van der Waals surface area contributed by atoms with E-state index in [9.17, 15) is 0 Å². The first kappa shape index (κ1) is 13.0. The summed E-state index contributed by atoms with van der Waals surface area (Å²) in [6, 6.07) is 7.73. The number of halogens is 1. The van der Waals surface area contributed by atoms with E-state index < -0.39 is 0 Å². The summed E-state index contributed by atoms with van der Waals surface area (Å²) in [6.07, 6.45) is 1.86. The van der Waals surface area contributed by atoms with Gasteiger partial charge in [0.1, 0.15) is 11.1 Å². The quantitative estimate of drug-likeness (QED) is 0.767. The van der Waals surface area contributed by atoms with Crippen LogP contribution in [0.15, 0.2) is 34.9 Å². The highest BCUT2D eigenvalue weighted by molar-refractivity contribution is 6.20. The molecular weight excluding hydrogens is 250 g/mol. The predicted octanol–water partition coefficient (Wildman–Crippen LogP) is 4.43. The molecule has 0 spiro atoms. The monoisotopic (exact) mass is 265 g/mol. The lowest BCUT2D eigenvalue weighted by molar-refractivity contribution is 0.242. The number of alkyl halides is 1. The van der Waals surface area contributed by atoms with Gasteiger partial charge in [0.15, 0.2) is 5.76 Å². The average molecular weight is 266 g/mol. The summed E-state index contributed by atoms with van der Waals surface area (Å²) in [6.45, 7) is 5.83. The molecular formula is C14H16ClNO2. The Kier molecular flexibility index (Phi) is 3.92. The van der Waals surface area contributed by atoms with Gasteiger partial charge in [-0.15, -0.1) is 11.6 Å². The highest BCUT2D eigenvalue weighted by atomic mass is 35.5. The fourth-order valence-corrected chi connectivity index (χ4v) is 1.68. The van der Waals surface area contributed by atoms with Crippen LogP contribution in [0.2, 0.25) is 0 Å². The lowest BCUT2D eigenvalue weighted by Crippen LogP contribution is -2.05. The Bertz CT molecular complexity index is 503. The van der Waals surface area contributed by atoms with Gasteiger partial charge in [0.25, 0.3) is 0 Å². The fraction of sp³-hybridized carbons (Fsp3) is 0.357. The highest BCUT2D eigenvalue weighted by Gasteiger charge is 2.10. The molecule has 0 amide bonds. The molecule has 0 saturated heterocycles. The van der Waals surface area contributed by atoms with Crippen LogP contribution in [0.25, 0.3) is 11.3 Å². The van der Waals surface area contributed by atoms with E-state index in [1.165, 1.54) is 0 Å². The first-order valence-electron chi connectivity index (χ1n) is 5.93. The molecule has 1 aromatic carbocycles. The molecule has 1 atom stereocenters. The number of hydrogen-bond donors (Lipinski definition) is 0. The second-order valence-electron chi connectivity index (χ2n) is 4.37. The van der Waals surface area contributed by atoms with Gasteiger partial charge in [-0.1, -0.05) is 0 Å². The lowest BCUT2D eigenvalue weighted by atomic mass is 10.2. The van der Waals surface area contributed by atoms with Crippen molar-refractivity contribution in [2.75, 3.05) is 0 Å². The van der Waals surface area contributed by atoms with Crippen LogP contribution in [0.4, 0.5) is 0 Å². The zero-order valence-corrected chi connectivity index (χ0v) is 11.4. The molecule has 2 rings (SSSR count). The molecule has 1 unspecified atom stereocenters. The molecule has 0 saturated carbocycles. The summed E-state index contributed by atoms with van der Waals surface area (Å²) in [5.41, 5.74) is 0.960. The largest absolute Gasteiger partial charge is 0.491 e. The maximum atomic E-state index is 5.91. The van der Waals surface area contributed by atoms with Crippen LogP contribution in [-0.4, -0.2) is 11.1 Å². The Labute approximate surface area is 112 Å². The van der Waals surface area contributed by atoms with Crippen molar-refractivity contribution in [3.05, 3.63) is 36.4 Å². The number of oxazole rings is 1. The molecule has 4 heteroatoms.